The minimum absolute atomic E-state index is 0.243. The van der Waals surface area contributed by atoms with Gasteiger partial charge in [-0.1, -0.05) is 19.1 Å². The predicted molar refractivity (Wildman–Crippen MR) is 69.2 cm³/mol. The molecule has 1 unspecified atom stereocenters. The zero-order valence-corrected chi connectivity index (χ0v) is 10.8. The molecule has 2 heteroatoms. The summed E-state index contributed by atoms with van der Waals surface area (Å²) in [6, 6.07) is 8.45. The topological polar surface area (TPSA) is 21.3 Å². The average molecular weight is 221 g/mol. The molecule has 0 aromatic heterocycles. The van der Waals surface area contributed by atoms with E-state index in [1.54, 1.807) is 0 Å². The number of hydrogen-bond donors (Lipinski definition) is 1. The molecule has 0 spiro atoms. The molecule has 16 heavy (non-hydrogen) atoms. The quantitative estimate of drug-likeness (QED) is 0.796. The van der Waals surface area contributed by atoms with Gasteiger partial charge in [0.2, 0.25) is 0 Å². The lowest BCUT2D eigenvalue weighted by Gasteiger charge is -2.13. The van der Waals surface area contributed by atoms with Crippen molar-refractivity contribution in [2.45, 2.75) is 39.2 Å². The highest BCUT2D eigenvalue weighted by atomic mass is 16.5. The molecule has 1 atom stereocenters. The molecule has 1 N–H and O–H groups in total. The molecule has 90 valence electrons. The van der Waals surface area contributed by atoms with Gasteiger partial charge in [0.05, 0.1) is 6.10 Å². The van der Waals surface area contributed by atoms with Crippen LogP contribution in [0.15, 0.2) is 24.3 Å². The van der Waals surface area contributed by atoms with E-state index in [-0.39, 0.29) is 6.10 Å². The van der Waals surface area contributed by atoms with Crippen LogP contribution in [0.4, 0.5) is 0 Å². The summed E-state index contributed by atoms with van der Waals surface area (Å²) in [5.74, 6) is 1.56. The molecule has 0 bridgehead atoms. The van der Waals surface area contributed by atoms with Crippen molar-refractivity contribution in [2.24, 2.45) is 0 Å². The molecule has 0 aliphatic heterocycles. The first-order valence-electron chi connectivity index (χ1n) is 6.04. The van der Waals surface area contributed by atoms with Crippen molar-refractivity contribution in [3.63, 3.8) is 0 Å². The van der Waals surface area contributed by atoms with E-state index in [0.29, 0.717) is 5.92 Å². The molecule has 0 amide bonds. The number of ether oxygens (including phenoxy) is 1. The lowest BCUT2D eigenvalue weighted by atomic mass is 9.98. The minimum Gasteiger partial charge on any atom is -0.491 e. The van der Waals surface area contributed by atoms with Crippen LogP contribution in [0.25, 0.3) is 0 Å². The lowest BCUT2D eigenvalue weighted by Crippen LogP contribution is -2.10. The predicted octanol–water partition coefficient (Wildman–Crippen LogP) is 3.19. The van der Waals surface area contributed by atoms with Crippen LogP contribution < -0.4 is 10.1 Å². The van der Waals surface area contributed by atoms with Gasteiger partial charge in [-0.25, -0.2) is 0 Å². The third kappa shape index (κ3) is 4.23. The van der Waals surface area contributed by atoms with Crippen molar-refractivity contribution in [3.05, 3.63) is 29.8 Å². The van der Waals surface area contributed by atoms with E-state index in [4.69, 9.17) is 4.74 Å². The highest BCUT2D eigenvalue weighted by molar-refractivity contribution is 5.29. The summed E-state index contributed by atoms with van der Waals surface area (Å²) in [6.45, 7) is 7.41. The number of benzene rings is 1. The lowest BCUT2D eigenvalue weighted by molar-refractivity contribution is 0.242. The normalized spacial score (nSPS) is 12.8. The van der Waals surface area contributed by atoms with Gasteiger partial charge in [-0.15, -0.1) is 0 Å². The summed E-state index contributed by atoms with van der Waals surface area (Å²) in [6.07, 6.45) is 1.41. The van der Waals surface area contributed by atoms with Crippen LogP contribution in [-0.2, 0) is 0 Å². The highest BCUT2D eigenvalue weighted by Gasteiger charge is 2.05. The van der Waals surface area contributed by atoms with Gasteiger partial charge in [-0.3, -0.25) is 0 Å². The van der Waals surface area contributed by atoms with Crippen LogP contribution in [0.2, 0.25) is 0 Å². The Hall–Kier alpha value is -1.02. The smallest absolute Gasteiger partial charge is 0.119 e. The fourth-order valence-electron chi connectivity index (χ4n) is 1.67. The van der Waals surface area contributed by atoms with Gasteiger partial charge in [0, 0.05) is 0 Å². The zero-order valence-electron chi connectivity index (χ0n) is 10.8. The summed E-state index contributed by atoms with van der Waals surface area (Å²) in [7, 11) is 1.99. The first kappa shape index (κ1) is 13.0. The molecule has 0 saturated heterocycles. The first-order chi connectivity index (χ1) is 7.63. The van der Waals surface area contributed by atoms with Crippen LogP contribution >= 0.6 is 0 Å². The average Bonchev–Trinajstić information content (AvgIpc) is 2.26. The van der Waals surface area contributed by atoms with E-state index in [0.717, 1.165) is 12.3 Å². The summed E-state index contributed by atoms with van der Waals surface area (Å²) < 4.78 is 5.62. The maximum absolute atomic E-state index is 5.62. The maximum Gasteiger partial charge on any atom is 0.119 e. The monoisotopic (exact) mass is 221 g/mol. The van der Waals surface area contributed by atoms with Crippen molar-refractivity contribution in [2.75, 3.05) is 13.6 Å². The Morgan fingerprint density at radius 1 is 1.12 bits per heavy atom. The van der Waals surface area contributed by atoms with E-state index in [1.165, 1.54) is 12.0 Å². The molecule has 0 saturated carbocycles. The SMILES string of the molecule is CNCCC(C)c1ccc(OC(C)C)cc1. The minimum atomic E-state index is 0.243. The van der Waals surface area contributed by atoms with Crippen molar-refractivity contribution in [1.29, 1.82) is 0 Å². The molecule has 1 aromatic carbocycles. The van der Waals surface area contributed by atoms with E-state index in [1.807, 2.05) is 20.9 Å². The molecule has 0 aliphatic rings. The van der Waals surface area contributed by atoms with Gasteiger partial charge in [0.15, 0.2) is 0 Å². The summed E-state index contributed by atoms with van der Waals surface area (Å²) in [5, 5.41) is 3.18. The standard InChI is InChI=1S/C14H23NO/c1-11(2)16-14-7-5-13(6-8-14)12(3)9-10-15-4/h5-8,11-12,15H,9-10H2,1-4H3. The second-order valence-electron chi connectivity index (χ2n) is 4.53. The van der Waals surface area contributed by atoms with Gasteiger partial charge in [0.1, 0.15) is 5.75 Å². The molecular weight excluding hydrogens is 198 g/mol. The van der Waals surface area contributed by atoms with Crippen LogP contribution in [0.3, 0.4) is 0 Å². The third-order valence-electron chi connectivity index (χ3n) is 2.65. The van der Waals surface area contributed by atoms with Gasteiger partial charge in [-0.05, 0) is 57.5 Å². The van der Waals surface area contributed by atoms with E-state index < -0.39 is 0 Å². The molecule has 0 fully saturated rings. The van der Waals surface area contributed by atoms with Gasteiger partial charge in [-0.2, -0.15) is 0 Å². The number of nitrogens with one attached hydrogen (secondary N) is 1. The molecule has 0 aliphatic carbocycles. The van der Waals surface area contributed by atoms with Crippen LogP contribution in [0.5, 0.6) is 5.75 Å². The molecule has 1 aromatic rings. The summed E-state index contributed by atoms with van der Waals surface area (Å²) >= 11 is 0. The van der Waals surface area contributed by atoms with Crippen molar-refractivity contribution < 1.29 is 4.74 Å². The van der Waals surface area contributed by atoms with Gasteiger partial charge in [0.25, 0.3) is 0 Å². The Balaban J connectivity index is 2.56. The largest absolute Gasteiger partial charge is 0.491 e. The third-order valence-corrected chi connectivity index (χ3v) is 2.65. The first-order valence-corrected chi connectivity index (χ1v) is 6.04. The fourth-order valence-corrected chi connectivity index (χ4v) is 1.67. The molecular formula is C14H23NO. The second-order valence-corrected chi connectivity index (χ2v) is 4.53. The zero-order chi connectivity index (χ0) is 12.0. The maximum atomic E-state index is 5.62. The van der Waals surface area contributed by atoms with Crippen molar-refractivity contribution in [3.8, 4) is 5.75 Å². The Morgan fingerprint density at radius 3 is 2.25 bits per heavy atom. The van der Waals surface area contributed by atoms with Gasteiger partial charge >= 0.3 is 0 Å². The van der Waals surface area contributed by atoms with Crippen molar-refractivity contribution in [1.82, 2.24) is 5.32 Å². The van der Waals surface area contributed by atoms with Crippen LogP contribution in [0, 0.1) is 0 Å². The Labute approximate surface area is 99.0 Å². The van der Waals surface area contributed by atoms with Crippen LogP contribution in [-0.4, -0.2) is 19.7 Å². The summed E-state index contributed by atoms with van der Waals surface area (Å²) in [5.41, 5.74) is 1.38. The highest BCUT2D eigenvalue weighted by Crippen LogP contribution is 2.21. The Morgan fingerprint density at radius 2 is 1.75 bits per heavy atom. The molecule has 2 nitrogen and oxygen atoms in total. The van der Waals surface area contributed by atoms with Crippen LogP contribution in [0.1, 0.15) is 38.7 Å². The van der Waals surface area contributed by atoms with E-state index >= 15 is 0 Å². The van der Waals surface area contributed by atoms with E-state index in [9.17, 15) is 0 Å². The Bertz CT molecular complexity index is 292. The van der Waals surface area contributed by atoms with E-state index in [2.05, 4.69) is 36.5 Å². The summed E-state index contributed by atoms with van der Waals surface area (Å²) in [4.78, 5) is 0. The van der Waals surface area contributed by atoms with Gasteiger partial charge < -0.3 is 10.1 Å². The van der Waals surface area contributed by atoms with Crippen molar-refractivity contribution >= 4 is 0 Å². The number of hydrogen-bond acceptors (Lipinski definition) is 2. The number of rotatable bonds is 6. The Kier molecular flexibility index (Phi) is 5.33. The second kappa shape index (κ2) is 6.54. The molecule has 0 radical (unpaired) electrons. The molecule has 0 heterocycles. The fraction of sp³-hybridized carbons (Fsp3) is 0.571. The molecule has 1 rings (SSSR count).